The van der Waals surface area contributed by atoms with E-state index < -0.39 is 12.1 Å². The molecule has 9 heteroatoms. The minimum atomic E-state index is -0.729. The molecule has 0 amide bonds. The van der Waals surface area contributed by atoms with Gasteiger partial charge in [-0.25, -0.2) is 14.9 Å². The van der Waals surface area contributed by atoms with Gasteiger partial charge in [-0.1, -0.05) is 12.1 Å². The number of carbonyl (C=O) groups excluding carboxylic acids is 1. The Morgan fingerprint density at radius 3 is 2.82 bits per heavy atom. The third-order valence-corrected chi connectivity index (χ3v) is 4.66. The Bertz CT molecular complexity index is 1190. The number of aryl methyl sites for hydroxylation is 2. The van der Waals surface area contributed by atoms with Crippen LogP contribution in [0.5, 0.6) is 0 Å². The Labute approximate surface area is 159 Å². The van der Waals surface area contributed by atoms with Gasteiger partial charge in [0.25, 0.3) is 5.56 Å². The zero-order valence-electron chi connectivity index (χ0n) is 15.4. The van der Waals surface area contributed by atoms with Gasteiger partial charge in [0, 0.05) is 25.5 Å². The van der Waals surface area contributed by atoms with Crippen LogP contribution in [0.4, 0.5) is 0 Å². The van der Waals surface area contributed by atoms with Crippen molar-refractivity contribution in [2.24, 2.45) is 0 Å². The fourth-order valence-electron chi connectivity index (χ4n) is 3.34. The molecule has 1 unspecified atom stereocenters. The first kappa shape index (κ1) is 17.9. The molecule has 0 saturated heterocycles. The molecule has 2 aliphatic rings. The Morgan fingerprint density at radius 2 is 2.07 bits per heavy atom. The van der Waals surface area contributed by atoms with Gasteiger partial charge >= 0.3 is 5.97 Å². The number of methoxy groups -OCH3 is 1. The van der Waals surface area contributed by atoms with E-state index in [-0.39, 0.29) is 16.8 Å². The first-order valence-corrected chi connectivity index (χ1v) is 8.79. The molecule has 0 radical (unpaired) electrons. The van der Waals surface area contributed by atoms with Gasteiger partial charge < -0.3 is 19.0 Å². The second-order valence-corrected chi connectivity index (χ2v) is 6.50. The molecule has 1 aromatic carbocycles. The first-order chi connectivity index (χ1) is 13.5. The number of hydrogen-bond acceptors (Lipinski definition) is 6. The van der Waals surface area contributed by atoms with Crippen LogP contribution < -0.4 is 5.56 Å². The second-order valence-electron chi connectivity index (χ2n) is 6.50. The van der Waals surface area contributed by atoms with E-state index in [0.29, 0.717) is 24.5 Å². The molecule has 2 aliphatic heterocycles. The van der Waals surface area contributed by atoms with Crippen molar-refractivity contribution in [2.75, 3.05) is 7.11 Å². The number of nitrogens with one attached hydrogen (secondary N) is 1. The Morgan fingerprint density at radius 1 is 1.29 bits per heavy atom. The lowest BCUT2D eigenvalue weighted by Gasteiger charge is -2.15. The molecule has 0 fully saturated rings. The number of esters is 1. The number of aromatic nitrogens is 5. The number of aliphatic hydroxyl groups excluding tert-OH is 1. The van der Waals surface area contributed by atoms with Crippen LogP contribution in [0.1, 0.15) is 29.2 Å². The number of nitrogens with zero attached hydrogens (tertiary/aromatic N) is 4. The monoisotopic (exact) mass is 381 g/mol. The number of fused-ring (bicyclic) bond motifs is 2. The van der Waals surface area contributed by atoms with Gasteiger partial charge in [0.2, 0.25) is 0 Å². The number of ether oxygens (including phenoxy) is 1. The fourth-order valence-corrected chi connectivity index (χ4v) is 3.34. The summed E-state index contributed by atoms with van der Waals surface area (Å²) in [6.07, 6.45) is 2.53. The molecule has 0 aliphatic carbocycles. The number of rotatable bonds is 5. The van der Waals surface area contributed by atoms with Crippen molar-refractivity contribution in [3.63, 3.8) is 0 Å². The average molecular weight is 381 g/mol. The van der Waals surface area contributed by atoms with Gasteiger partial charge in [-0.05, 0) is 19.1 Å². The lowest BCUT2D eigenvalue weighted by molar-refractivity contribution is 0.0600. The normalized spacial score (nSPS) is 12.5. The van der Waals surface area contributed by atoms with Gasteiger partial charge in [-0.2, -0.15) is 5.10 Å². The highest BCUT2D eigenvalue weighted by molar-refractivity contribution is 5.95. The molecular weight excluding hydrogens is 362 g/mol. The smallest absolute Gasteiger partial charge is 0.341 e. The SMILES string of the molecule is COC(=O)c1cn(CCn2c(C(C)O)nc3ccccc32)cc2c(=O)[nH]nc1-2. The van der Waals surface area contributed by atoms with E-state index in [1.807, 2.05) is 28.8 Å². The standard InChI is InChI=1S/C19H19N5O4/c1-11(25)17-20-14-5-3-4-6-15(14)24(17)8-7-23-9-12-16(21-22-18(12)26)13(10-23)19(27)28-2/h3-6,9-11,25H,7-8H2,1-2H3,(H,22,26). The quantitative estimate of drug-likeness (QED) is 0.507. The molecule has 28 heavy (non-hydrogen) atoms. The summed E-state index contributed by atoms with van der Waals surface area (Å²) in [5.74, 6) is -0.00695. The summed E-state index contributed by atoms with van der Waals surface area (Å²) in [5, 5.41) is 16.4. The Kier molecular flexibility index (Phi) is 4.44. The number of H-pyrrole nitrogens is 1. The van der Waals surface area contributed by atoms with Crippen molar-refractivity contribution >= 4 is 17.0 Å². The number of aromatic amines is 1. The van der Waals surface area contributed by atoms with Gasteiger partial charge in [-0.15, -0.1) is 0 Å². The maximum atomic E-state index is 12.1. The molecule has 3 heterocycles. The van der Waals surface area contributed by atoms with E-state index >= 15 is 0 Å². The number of carbonyl (C=O) groups is 1. The number of imidazole rings is 1. The number of benzene rings is 1. The molecule has 4 rings (SSSR count). The van der Waals surface area contributed by atoms with Crippen LogP contribution in [0.2, 0.25) is 0 Å². The molecule has 1 atom stereocenters. The minimum absolute atomic E-state index is 0.213. The predicted molar refractivity (Wildman–Crippen MR) is 101 cm³/mol. The summed E-state index contributed by atoms with van der Waals surface area (Å²) in [6, 6.07) is 7.64. The molecule has 0 spiro atoms. The lowest BCUT2D eigenvalue weighted by Crippen LogP contribution is -2.15. The lowest BCUT2D eigenvalue weighted by atomic mass is 10.1. The highest BCUT2D eigenvalue weighted by atomic mass is 16.5. The zero-order chi connectivity index (χ0) is 19.8. The van der Waals surface area contributed by atoms with Crippen LogP contribution in [-0.4, -0.2) is 42.5 Å². The molecule has 2 N–H and O–H groups in total. The molecule has 0 saturated carbocycles. The van der Waals surface area contributed by atoms with E-state index in [1.165, 1.54) is 7.11 Å². The van der Waals surface area contributed by atoms with Crippen molar-refractivity contribution in [1.82, 2.24) is 24.3 Å². The molecule has 144 valence electrons. The van der Waals surface area contributed by atoms with Gasteiger partial charge in [-0.3, -0.25) is 4.79 Å². The molecular formula is C19H19N5O4. The largest absolute Gasteiger partial charge is 0.465 e. The van der Waals surface area contributed by atoms with E-state index in [2.05, 4.69) is 15.2 Å². The molecule has 9 nitrogen and oxygen atoms in total. The van der Waals surface area contributed by atoms with Crippen LogP contribution in [0.3, 0.4) is 0 Å². The number of aliphatic hydroxyl groups is 1. The summed E-state index contributed by atoms with van der Waals surface area (Å²) >= 11 is 0. The maximum Gasteiger partial charge on any atom is 0.341 e. The van der Waals surface area contributed by atoms with Crippen molar-refractivity contribution in [3.8, 4) is 11.3 Å². The fraction of sp³-hybridized carbons (Fsp3) is 0.263. The minimum Gasteiger partial charge on any atom is -0.465 e. The van der Waals surface area contributed by atoms with Gasteiger partial charge in [0.05, 0.1) is 23.7 Å². The molecule has 0 bridgehead atoms. The van der Waals surface area contributed by atoms with Crippen molar-refractivity contribution in [3.05, 3.63) is 58.4 Å². The van der Waals surface area contributed by atoms with E-state index in [9.17, 15) is 14.7 Å². The molecule has 1 aromatic heterocycles. The van der Waals surface area contributed by atoms with Crippen LogP contribution in [0, 0.1) is 0 Å². The number of para-hydroxylation sites is 2. The summed E-state index contributed by atoms with van der Waals surface area (Å²) in [5.41, 5.74) is 2.14. The van der Waals surface area contributed by atoms with Crippen molar-refractivity contribution < 1.29 is 14.6 Å². The van der Waals surface area contributed by atoms with Crippen LogP contribution >= 0.6 is 0 Å². The first-order valence-electron chi connectivity index (χ1n) is 8.79. The van der Waals surface area contributed by atoms with E-state index in [4.69, 9.17) is 4.74 Å². The highest BCUT2D eigenvalue weighted by Crippen LogP contribution is 2.23. The van der Waals surface area contributed by atoms with Crippen LogP contribution in [0.15, 0.2) is 41.5 Å². The van der Waals surface area contributed by atoms with E-state index in [0.717, 1.165) is 11.0 Å². The second kappa shape index (κ2) is 6.93. The summed E-state index contributed by atoms with van der Waals surface area (Å²) in [6.45, 7) is 2.61. The van der Waals surface area contributed by atoms with Crippen LogP contribution in [0.25, 0.3) is 22.3 Å². The Hall–Kier alpha value is -3.46. The topological polar surface area (TPSA) is 115 Å². The van der Waals surface area contributed by atoms with Crippen LogP contribution in [-0.2, 0) is 17.8 Å². The summed E-state index contributed by atoms with van der Waals surface area (Å²) in [4.78, 5) is 28.6. The summed E-state index contributed by atoms with van der Waals surface area (Å²) in [7, 11) is 1.28. The number of hydrogen-bond donors (Lipinski definition) is 2. The van der Waals surface area contributed by atoms with Crippen molar-refractivity contribution in [2.45, 2.75) is 26.1 Å². The maximum absolute atomic E-state index is 12.1. The Balaban J connectivity index is 1.74. The predicted octanol–water partition coefficient (Wildman–Crippen LogP) is 1.57. The zero-order valence-corrected chi connectivity index (χ0v) is 15.4. The number of pyridine rings is 1. The highest BCUT2D eigenvalue weighted by Gasteiger charge is 2.22. The van der Waals surface area contributed by atoms with Gasteiger partial charge in [0.15, 0.2) is 0 Å². The van der Waals surface area contributed by atoms with Crippen molar-refractivity contribution in [1.29, 1.82) is 0 Å². The summed E-state index contributed by atoms with van der Waals surface area (Å²) < 4.78 is 8.49. The van der Waals surface area contributed by atoms with Gasteiger partial charge in [0.1, 0.15) is 23.2 Å². The third-order valence-electron chi connectivity index (χ3n) is 4.66. The average Bonchev–Trinajstić information content (AvgIpc) is 3.26. The van der Waals surface area contributed by atoms with E-state index in [1.54, 1.807) is 23.9 Å². The molecule has 2 aromatic rings. The third kappa shape index (κ3) is 2.95.